The summed E-state index contributed by atoms with van der Waals surface area (Å²) in [5.41, 5.74) is 4.10. The van der Waals surface area contributed by atoms with Crippen molar-refractivity contribution in [3.63, 3.8) is 0 Å². The zero-order valence-electron chi connectivity index (χ0n) is 13.4. The summed E-state index contributed by atoms with van der Waals surface area (Å²) in [6.45, 7) is 2.08. The second-order valence-electron chi connectivity index (χ2n) is 5.21. The second-order valence-corrected chi connectivity index (χ2v) is 7.29. The molecule has 5 heteroatoms. The summed E-state index contributed by atoms with van der Waals surface area (Å²) in [5, 5.41) is 5.02. The van der Waals surface area contributed by atoms with Gasteiger partial charge in [-0.15, -0.1) is 11.3 Å². The first kappa shape index (κ1) is 16.7. The third kappa shape index (κ3) is 4.24. The Morgan fingerprint density at radius 2 is 1.88 bits per heavy atom. The second kappa shape index (κ2) is 8.13. The summed E-state index contributed by atoms with van der Waals surface area (Å²) in [4.78, 5) is 16.8. The fourth-order valence-electron chi connectivity index (χ4n) is 2.33. The van der Waals surface area contributed by atoms with Gasteiger partial charge in [-0.3, -0.25) is 4.79 Å². The molecule has 0 saturated carbocycles. The van der Waals surface area contributed by atoms with Crippen LogP contribution >= 0.6 is 23.1 Å². The highest BCUT2D eigenvalue weighted by molar-refractivity contribution is 8.01. The maximum atomic E-state index is 12.2. The standard InChI is InChI=1S/C19H18N2OS2/c1-2-14-8-6-7-11-16(14)20-18(22)13-24-19-21-17(12-23-19)15-9-4-3-5-10-15/h3-12H,2,13H2,1H3,(H,20,22). The molecule has 0 spiro atoms. The lowest BCUT2D eigenvalue weighted by Crippen LogP contribution is -2.15. The number of thioether (sulfide) groups is 1. The Morgan fingerprint density at radius 1 is 1.12 bits per heavy atom. The van der Waals surface area contributed by atoms with Crippen molar-refractivity contribution in [3.8, 4) is 11.3 Å². The van der Waals surface area contributed by atoms with Crippen LogP contribution < -0.4 is 5.32 Å². The van der Waals surface area contributed by atoms with E-state index < -0.39 is 0 Å². The highest BCUT2D eigenvalue weighted by atomic mass is 32.2. The highest BCUT2D eigenvalue weighted by Crippen LogP contribution is 2.28. The fraction of sp³-hybridized carbons (Fsp3) is 0.158. The van der Waals surface area contributed by atoms with E-state index in [1.54, 1.807) is 11.3 Å². The van der Waals surface area contributed by atoms with Gasteiger partial charge in [0.15, 0.2) is 4.34 Å². The number of thiazole rings is 1. The molecule has 3 aromatic rings. The van der Waals surface area contributed by atoms with E-state index in [0.717, 1.165) is 33.3 Å². The molecule has 0 aliphatic carbocycles. The number of amides is 1. The van der Waals surface area contributed by atoms with Crippen molar-refractivity contribution >= 4 is 34.7 Å². The van der Waals surface area contributed by atoms with Crippen molar-refractivity contribution in [2.75, 3.05) is 11.1 Å². The molecule has 0 radical (unpaired) electrons. The molecule has 2 aromatic carbocycles. The molecule has 1 amide bonds. The summed E-state index contributed by atoms with van der Waals surface area (Å²) in [7, 11) is 0. The molecular weight excluding hydrogens is 336 g/mol. The minimum Gasteiger partial charge on any atom is -0.325 e. The summed E-state index contributed by atoms with van der Waals surface area (Å²) < 4.78 is 0.910. The predicted octanol–water partition coefficient (Wildman–Crippen LogP) is 5.10. The van der Waals surface area contributed by atoms with Crippen LogP contribution in [0.3, 0.4) is 0 Å². The van der Waals surface area contributed by atoms with Crippen LogP contribution in [0, 0.1) is 0 Å². The van der Waals surface area contributed by atoms with Gasteiger partial charge in [-0.05, 0) is 18.1 Å². The number of aromatic nitrogens is 1. The number of benzene rings is 2. The van der Waals surface area contributed by atoms with Crippen molar-refractivity contribution in [2.24, 2.45) is 0 Å². The number of carbonyl (C=O) groups is 1. The van der Waals surface area contributed by atoms with E-state index in [9.17, 15) is 4.79 Å². The minimum atomic E-state index is -0.00244. The van der Waals surface area contributed by atoms with Gasteiger partial charge in [-0.1, -0.05) is 67.2 Å². The van der Waals surface area contributed by atoms with Crippen LogP contribution in [0.15, 0.2) is 64.3 Å². The van der Waals surface area contributed by atoms with Crippen molar-refractivity contribution < 1.29 is 4.79 Å². The van der Waals surface area contributed by atoms with Crippen LogP contribution in [0.2, 0.25) is 0 Å². The van der Waals surface area contributed by atoms with Gasteiger partial charge >= 0.3 is 0 Å². The monoisotopic (exact) mass is 354 g/mol. The molecular formula is C19H18N2OS2. The predicted molar refractivity (Wildman–Crippen MR) is 103 cm³/mol. The Bertz CT molecular complexity index is 815. The zero-order valence-corrected chi connectivity index (χ0v) is 15.0. The average molecular weight is 354 g/mol. The Balaban J connectivity index is 1.58. The van der Waals surface area contributed by atoms with E-state index in [2.05, 4.69) is 17.2 Å². The number of hydrogen-bond acceptors (Lipinski definition) is 4. The molecule has 0 bridgehead atoms. The third-order valence-electron chi connectivity index (χ3n) is 3.55. The summed E-state index contributed by atoms with van der Waals surface area (Å²) in [6, 6.07) is 18.0. The number of aryl methyl sites for hydroxylation is 1. The normalized spacial score (nSPS) is 10.5. The molecule has 1 N–H and O–H groups in total. The topological polar surface area (TPSA) is 42.0 Å². The summed E-state index contributed by atoms with van der Waals surface area (Å²) in [6.07, 6.45) is 0.899. The van der Waals surface area contributed by atoms with Crippen molar-refractivity contribution in [1.29, 1.82) is 0 Å². The number of nitrogens with zero attached hydrogens (tertiary/aromatic N) is 1. The van der Waals surface area contributed by atoms with Crippen LogP contribution in [0.1, 0.15) is 12.5 Å². The van der Waals surface area contributed by atoms with Gasteiger partial charge in [0.2, 0.25) is 5.91 Å². The van der Waals surface area contributed by atoms with Crippen molar-refractivity contribution in [2.45, 2.75) is 17.7 Å². The van der Waals surface area contributed by atoms with E-state index in [-0.39, 0.29) is 5.91 Å². The van der Waals surface area contributed by atoms with Gasteiger partial charge in [0.1, 0.15) is 0 Å². The van der Waals surface area contributed by atoms with Crippen LogP contribution in [-0.2, 0) is 11.2 Å². The lowest BCUT2D eigenvalue weighted by molar-refractivity contribution is -0.113. The Morgan fingerprint density at radius 3 is 2.67 bits per heavy atom. The molecule has 0 aliphatic heterocycles. The Hall–Kier alpha value is -2.11. The summed E-state index contributed by atoms with van der Waals surface area (Å²) in [5.74, 6) is 0.358. The van der Waals surface area contributed by atoms with E-state index >= 15 is 0 Å². The smallest absolute Gasteiger partial charge is 0.234 e. The molecule has 24 heavy (non-hydrogen) atoms. The molecule has 3 rings (SSSR count). The van der Waals surface area contributed by atoms with E-state index in [1.807, 2.05) is 60.0 Å². The number of rotatable bonds is 6. The molecule has 1 aromatic heterocycles. The molecule has 1 heterocycles. The number of para-hydroxylation sites is 1. The van der Waals surface area contributed by atoms with Gasteiger partial charge in [0.05, 0.1) is 11.4 Å². The first-order valence-electron chi connectivity index (χ1n) is 7.77. The van der Waals surface area contributed by atoms with Crippen molar-refractivity contribution in [3.05, 3.63) is 65.5 Å². The van der Waals surface area contributed by atoms with Crippen LogP contribution in [0.4, 0.5) is 5.69 Å². The molecule has 0 saturated heterocycles. The van der Waals surface area contributed by atoms with Crippen LogP contribution in [0.5, 0.6) is 0 Å². The molecule has 3 nitrogen and oxygen atoms in total. The van der Waals surface area contributed by atoms with Gasteiger partial charge in [-0.25, -0.2) is 4.98 Å². The minimum absolute atomic E-state index is 0.00244. The Labute approximate surface area is 150 Å². The van der Waals surface area contributed by atoms with Crippen molar-refractivity contribution in [1.82, 2.24) is 4.98 Å². The number of nitrogens with one attached hydrogen (secondary N) is 1. The van der Waals surface area contributed by atoms with Gasteiger partial charge in [-0.2, -0.15) is 0 Å². The summed E-state index contributed by atoms with van der Waals surface area (Å²) >= 11 is 3.04. The van der Waals surface area contributed by atoms with E-state index in [0.29, 0.717) is 5.75 Å². The van der Waals surface area contributed by atoms with Crippen LogP contribution in [-0.4, -0.2) is 16.6 Å². The first-order chi connectivity index (χ1) is 11.8. The molecule has 122 valence electrons. The highest BCUT2D eigenvalue weighted by Gasteiger charge is 2.09. The zero-order chi connectivity index (χ0) is 16.8. The Kier molecular flexibility index (Phi) is 5.67. The van der Waals surface area contributed by atoms with Gasteiger partial charge in [0, 0.05) is 16.6 Å². The lowest BCUT2D eigenvalue weighted by Gasteiger charge is -2.08. The van der Waals surface area contributed by atoms with Crippen LogP contribution in [0.25, 0.3) is 11.3 Å². The maximum absolute atomic E-state index is 12.2. The quantitative estimate of drug-likeness (QED) is 0.626. The molecule has 0 atom stereocenters. The molecule has 0 fully saturated rings. The largest absolute Gasteiger partial charge is 0.325 e. The maximum Gasteiger partial charge on any atom is 0.234 e. The first-order valence-corrected chi connectivity index (χ1v) is 9.64. The van der Waals surface area contributed by atoms with E-state index in [1.165, 1.54) is 11.8 Å². The molecule has 0 aliphatic rings. The average Bonchev–Trinajstić information content (AvgIpc) is 3.10. The van der Waals surface area contributed by atoms with Gasteiger partial charge in [0.25, 0.3) is 0 Å². The number of carbonyl (C=O) groups excluding carboxylic acids is 1. The number of anilines is 1. The molecule has 0 unspecified atom stereocenters. The SMILES string of the molecule is CCc1ccccc1NC(=O)CSc1nc(-c2ccccc2)cs1. The third-order valence-corrected chi connectivity index (χ3v) is 5.57. The van der Waals surface area contributed by atoms with E-state index in [4.69, 9.17) is 0 Å². The van der Waals surface area contributed by atoms with Gasteiger partial charge < -0.3 is 5.32 Å². The lowest BCUT2D eigenvalue weighted by atomic mass is 10.1. The number of hydrogen-bond donors (Lipinski definition) is 1. The fourth-order valence-corrected chi connectivity index (χ4v) is 3.96.